The van der Waals surface area contributed by atoms with Crippen molar-refractivity contribution in [3.63, 3.8) is 0 Å². The number of likely N-dealkylation sites (N-methyl/N-ethyl adjacent to an activating group) is 1. The van der Waals surface area contributed by atoms with Crippen LogP contribution in [-0.4, -0.2) is 26.2 Å². The van der Waals surface area contributed by atoms with E-state index in [2.05, 4.69) is 19.2 Å². The summed E-state index contributed by atoms with van der Waals surface area (Å²) in [6.45, 7) is 2.41. The quantitative estimate of drug-likeness (QED) is 0.787. The molecule has 0 saturated carbocycles. The molecule has 2 rings (SSSR count). The van der Waals surface area contributed by atoms with Gasteiger partial charge in [0, 0.05) is 5.56 Å². The van der Waals surface area contributed by atoms with E-state index in [0.717, 1.165) is 13.1 Å². The summed E-state index contributed by atoms with van der Waals surface area (Å²) < 4.78 is 5.61. The van der Waals surface area contributed by atoms with E-state index >= 15 is 0 Å². The van der Waals surface area contributed by atoms with Gasteiger partial charge in [0.1, 0.15) is 25.4 Å². The Kier molecular flexibility index (Phi) is 5.35. The highest BCUT2D eigenvalue weighted by Gasteiger charge is 2.04. The molecule has 0 amide bonds. The summed E-state index contributed by atoms with van der Waals surface area (Å²) in [6.07, 6.45) is 0. The first-order valence-corrected chi connectivity index (χ1v) is 6.94. The molecular weight excluding hydrogens is 266 g/mol. The maximum absolute atomic E-state index is 10.6. The molecule has 0 saturated heterocycles. The van der Waals surface area contributed by atoms with Crippen LogP contribution in [-0.2, 0) is 6.54 Å². The topological polar surface area (TPSA) is 53.8 Å². The fourth-order valence-corrected chi connectivity index (χ4v) is 2.06. The van der Waals surface area contributed by atoms with Gasteiger partial charge in [-0.15, -0.1) is 0 Å². The van der Waals surface area contributed by atoms with Gasteiger partial charge in [0.15, 0.2) is 0 Å². The van der Waals surface area contributed by atoms with Crippen molar-refractivity contribution in [2.45, 2.75) is 6.54 Å². The number of hydrogen-bond donors (Lipinski definition) is 1. The van der Waals surface area contributed by atoms with E-state index in [4.69, 9.17) is 4.74 Å². The number of aromatic carboxylic acids is 1. The molecule has 0 spiro atoms. The SMILES string of the molecule is C[NH+](CCOc1ccc(C(=O)[O-])cc1)Cc1ccccc1. The van der Waals surface area contributed by atoms with Crippen molar-refractivity contribution in [3.8, 4) is 5.75 Å². The van der Waals surface area contributed by atoms with Crippen LogP contribution < -0.4 is 14.7 Å². The van der Waals surface area contributed by atoms with Gasteiger partial charge in [0.2, 0.25) is 0 Å². The lowest BCUT2D eigenvalue weighted by atomic mass is 10.2. The number of carboxylic acid groups (broad SMARTS) is 1. The minimum Gasteiger partial charge on any atom is -0.545 e. The molecule has 1 unspecified atom stereocenters. The molecule has 0 aliphatic carbocycles. The lowest BCUT2D eigenvalue weighted by Crippen LogP contribution is -3.08. The summed E-state index contributed by atoms with van der Waals surface area (Å²) in [4.78, 5) is 12.0. The normalized spacial score (nSPS) is 11.9. The number of carbonyl (C=O) groups is 1. The molecule has 0 heterocycles. The highest BCUT2D eigenvalue weighted by Crippen LogP contribution is 2.11. The van der Waals surface area contributed by atoms with Crippen LogP contribution in [0.25, 0.3) is 0 Å². The summed E-state index contributed by atoms with van der Waals surface area (Å²) >= 11 is 0. The van der Waals surface area contributed by atoms with E-state index in [1.165, 1.54) is 22.6 Å². The van der Waals surface area contributed by atoms with Crippen LogP contribution in [0.3, 0.4) is 0 Å². The molecule has 110 valence electrons. The smallest absolute Gasteiger partial charge is 0.137 e. The highest BCUT2D eigenvalue weighted by atomic mass is 16.5. The van der Waals surface area contributed by atoms with Gasteiger partial charge < -0.3 is 19.5 Å². The van der Waals surface area contributed by atoms with Gasteiger partial charge >= 0.3 is 0 Å². The van der Waals surface area contributed by atoms with Crippen molar-refractivity contribution < 1.29 is 19.5 Å². The van der Waals surface area contributed by atoms with E-state index in [-0.39, 0.29) is 5.56 Å². The third-order valence-corrected chi connectivity index (χ3v) is 3.24. The maximum Gasteiger partial charge on any atom is 0.137 e. The Morgan fingerprint density at radius 2 is 1.76 bits per heavy atom. The van der Waals surface area contributed by atoms with Crippen LogP contribution in [0.2, 0.25) is 0 Å². The minimum absolute atomic E-state index is 0.161. The van der Waals surface area contributed by atoms with Crippen LogP contribution in [0.1, 0.15) is 15.9 Å². The summed E-state index contributed by atoms with van der Waals surface area (Å²) in [5, 5.41) is 10.6. The standard InChI is InChI=1S/C17H19NO3/c1-18(13-14-5-3-2-4-6-14)11-12-21-16-9-7-15(8-10-16)17(19)20/h2-10H,11-13H2,1H3,(H,19,20). The van der Waals surface area contributed by atoms with Crippen molar-refractivity contribution in [1.29, 1.82) is 0 Å². The number of ether oxygens (including phenoxy) is 1. The molecule has 2 aromatic rings. The first kappa shape index (κ1) is 15.1. The summed E-state index contributed by atoms with van der Waals surface area (Å²) in [5.74, 6) is -0.499. The predicted octanol–water partition coefficient (Wildman–Crippen LogP) is 0.144. The molecule has 0 aliphatic rings. The molecule has 2 aromatic carbocycles. The largest absolute Gasteiger partial charge is 0.545 e. The number of carbonyl (C=O) groups excluding carboxylic acids is 1. The third kappa shape index (κ3) is 4.93. The van der Waals surface area contributed by atoms with Gasteiger partial charge in [-0.05, 0) is 29.8 Å². The van der Waals surface area contributed by atoms with E-state index < -0.39 is 5.97 Å². The lowest BCUT2D eigenvalue weighted by molar-refractivity contribution is -0.893. The van der Waals surface area contributed by atoms with Gasteiger partial charge in [-0.3, -0.25) is 0 Å². The van der Waals surface area contributed by atoms with Crippen molar-refractivity contribution >= 4 is 5.97 Å². The Morgan fingerprint density at radius 1 is 1.10 bits per heavy atom. The van der Waals surface area contributed by atoms with E-state index in [0.29, 0.717) is 12.4 Å². The average Bonchev–Trinajstić information content (AvgIpc) is 2.49. The molecule has 0 fully saturated rings. The zero-order valence-electron chi connectivity index (χ0n) is 12.0. The first-order valence-electron chi connectivity index (χ1n) is 6.94. The van der Waals surface area contributed by atoms with Crippen LogP contribution in [0.5, 0.6) is 5.75 Å². The Balaban J connectivity index is 1.74. The molecule has 4 nitrogen and oxygen atoms in total. The fraction of sp³-hybridized carbons (Fsp3) is 0.235. The van der Waals surface area contributed by atoms with Crippen molar-refractivity contribution in [2.24, 2.45) is 0 Å². The monoisotopic (exact) mass is 285 g/mol. The van der Waals surface area contributed by atoms with Crippen molar-refractivity contribution in [1.82, 2.24) is 0 Å². The second kappa shape index (κ2) is 7.45. The number of benzene rings is 2. The number of hydrogen-bond acceptors (Lipinski definition) is 3. The Labute approximate surface area is 124 Å². The average molecular weight is 285 g/mol. The second-order valence-corrected chi connectivity index (χ2v) is 5.03. The number of carboxylic acids is 1. The zero-order chi connectivity index (χ0) is 15.1. The van der Waals surface area contributed by atoms with Gasteiger partial charge in [-0.1, -0.05) is 30.3 Å². The van der Waals surface area contributed by atoms with E-state index in [9.17, 15) is 9.90 Å². The summed E-state index contributed by atoms with van der Waals surface area (Å²) in [5.41, 5.74) is 1.46. The van der Waals surface area contributed by atoms with Crippen LogP contribution in [0.4, 0.5) is 0 Å². The molecule has 0 aliphatic heterocycles. The molecule has 4 heteroatoms. The van der Waals surface area contributed by atoms with Gasteiger partial charge in [0.05, 0.1) is 13.0 Å². The fourth-order valence-electron chi connectivity index (χ4n) is 2.06. The Bertz CT molecular complexity index is 566. The summed E-state index contributed by atoms with van der Waals surface area (Å²) in [7, 11) is 2.12. The van der Waals surface area contributed by atoms with Gasteiger partial charge in [0.25, 0.3) is 0 Å². The minimum atomic E-state index is -1.17. The van der Waals surface area contributed by atoms with Gasteiger partial charge in [-0.2, -0.15) is 0 Å². The number of rotatable bonds is 7. The highest BCUT2D eigenvalue weighted by molar-refractivity contribution is 5.85. The van der Waals surface area contributed by atoms with Crippen LogP contribution >= 0.6 is 0 Å². The molecule has 0 bridgehead atoms. The van der Waals surface area contributed by atoms with Crippen molar-refractivity contribution in [3.05, 3.63) is 65.7 Å². The van der Waals surface area contributed by atoms with E-state index in [1.54, 1.807) is 12.1 Å². The zero-order valence-corrected chi connectivity index (χ0v) is 12.0. The molecule has 21 heavy (non-hydrogen) atoms. The second-order valence-electron chi connectivity index (χ2n) is 5.03. The Hall–Kier alpha value is -2.33. The predicted molar refractivity (Wildman–Crippen MR) is 78.2 cm³/mol. The molecule has 1 N–H and O–H groups in total. The number of quaternary nitrogens is 1. The first-order chi connectivity index (χ1) is 10.1. The lowest BCUT2D eigenvalue weighted by Gasteiger charge is -2.14. The molecule has 0 aromatic heterocycles. The molecular formula is C17H19NO3. The van der Waals surface area contributed by atoms with E-state index in [1.807, 2.05) is 18.2 Å². The maximum atomic E-state index is 10.6. The van der Waals surface area contributed by atoms with Crippen LogP contribution in [0.15, 0.2) is 54.6 Å². The molecule has 0 radical (unpaired) electrons. The number of nitrogens with one attached hydrogen (secondary N) is 1. The van der Waals surface area contributed by atoms with Gasteiger partial charge in [-0.25, -0.2) is 0 Å². The Morgan fingerprint density at radius 3 is 2.38 bits per heavy atom. The summed E-state index contributed by atoms with van der Waals surface area (Å²) in [6, 6.07) is 16.6. The van der Waals surface area contributed by atoms with Crippen LogP contribution in [0, 0.1) is 0 Å². The van der Waals surface area contributed by atoms with Crippen molar-refractivity contribution in [2.75, 3.05) is 20.2 Å². The molecule has 1 atom stereocenters. The third-order valence-electron chi connectivity index (χ3n) is 3.24.